The molecule has 5 nitrogen and oxygen atoms in total. The molecule has 1 heterocycles. The third kappa shape index (κ3) is 4.38. The molecule has 0 radical (unpaired) electrons. The van der Waals surface area contributed by atoms with Crippen LogP contribution in [0.25, 0.3) is 0 Å². The van der Waals surface area contributed by atoms with Gasteiger partial charge in [0, 0.05) is 30.8 Å². The van der Waals surface area contributed by atoms with Gasteiger partial charge in [-0.15, -0.1) is 0 Å². The molecule has 1 aromatic carbocycles. The maximum absolute atomic E-state index is 13.6. The summed E-state index contributed by atoms with van der Waals surface area (Å²) in [5.74, 6) is -0.443. The molecule has 2 aromatic rings. The summed E-state index contributed by atoms with van der Waals surface area (Å²) in [6.07, 6.45) is 3.36. The van der Waals surface area contributed by atoms with Crippen molar-refractivity contribution >= 4 is 11.6 Å². The average Bonchev–Trinajstić information content (AvgIpc) is 2.86. The van der Waals surface area contributed by atoms with Gasteiger partial charge in [-0.25, -0.2) is 4.39 Å². The van der Waals surface area contributed by atoms with E-state index < -0.39 is 5.82 Å². The van der Waals surface area contributed by atoms with E-state index in [0.29, 0.717) is 23.5 Å². The second kappa shape index (κ2) is 7.68. The number of hydrogen-bond acceptors (Lipinski definition) is 4. The van der Waals surface area contributed by atoms with Crippen molar-refractivity contribution in [3.8, 4) is 5.75 Å². The average molecular weight is 330 g/mol. The number of halogens is 1. The van der Waals surface area contributed by atoms with Gasteiger partial charge in [-0.3, -0.25) is 14.3 Å². The van der Waals surface area contributed by atoms with Crippen molar-refractivity contribution in [2.24, 2.45) is 7.05 Å². The van der Waals surface area contributed by atoms with Gasteiger partial charge in [-0.2, -0.15) is 5.10 Å². The summed E-state index contributed by atoms with van der Waals surface area (Å²) in [5.41, 5.74) is 1.45. The Kier molecular flexibility index (Phi) is 5.63. The van der Waals surface area contributed by atoms with Crippen LogP contribution in [0.2, 0.25) is 0 Å². The molecule has 0 aliphatic heterocycles. The Morgan fingerprint density at radius 3 is 2.79 bits per heavy atom. The molecule has 0 saturated carbocycles. The number of rotatable bonds is 8. The number of benzene rings is 1. The lowest BCUT2D eigenvalue weighted by Gasteiger charge is -2.10. The maximum atomic E-state index is 13.6. The molecule has 6 heteroatoms. The number of nitrogens with zero attached hydrogens (tertiary/aromatic N) is 2. The second-order valence-corrected chi connectivity index (χ2v) is 5.51. The lowest BCUT2D eigenvalue weighted by molar-refractivity contribution is -0.116. The van der Waals surface area contributed by atoms with E-state index in [1.807, 2.05) is 0 Å². The molecule has 0 atom stereocenters. The summed E-state index contributed by atoms with van der Waals surface area (Å²) >= 11 is 0. The van der Waals surface area contributed by atoms with Crippen molar-refractivity contribution in [3.05, 3.63) is 59.7 Å². The van der Waals surface area contributed by atoms with Crippen LogP contribution in [0.5, 0.6) is 5.75 Å². The molecule has 0 amide bonds. The van der Waals surface area contributed by atoms with Gasteiger partial charge in [-0.1, -0.05) is 12.7 Å². The lowest BCUT2D eigenvalue weighted by Crippen LogP contribution is -2.09. The molecular formula is C18H19FN2O3. The van der Waals surface area contributed by atoms with Crippen LogP contribution in [-0.4, -0.2) is 28.0 Å². The molecule has 0 N–H and O–H groups in total. The van der Waals surface area contributed by atoms with Crippen molar-refractivity contribution in [2.45, 2.75) is 19.8 Å². The molecule has 0 unspecified atom stereocenters. The molecule has 0 bridgehead atoms. The van der Waals surface area contributed by atoms with E-state index in [1.165, 1.54) is 23.7 Å². The number of aryl methyl sites for hydroxylation is 1. The van der Waals surface area contributed by atoms with E-state index >= 15 is 0 Å². The highest BCUT2D eigenvalue weighted by atomic mass is 19.1. The van der Waals surface area contributed by atoms with Crippen LogP contribution in [0.1, 0.15) is 35.0 Å². The Balaban J connectivity index is 2.34. The maximum Gasteiger partial charge on any atom is 0.190 e. The van der Waals surface area contributed by atoms with Gasteiger partial charge < -0.3 is 4.74 Å². The minimum atomic E-state index is -0.392. The Morgan fingerprint density at radius 1 is 1.38 bits per heavy atom. The van der Waals surface area contributed by atoms with Gasteiger partial charge in [-0.05, 0) is 25.1 Å². The standard InChI is InChI=1S/C18H19FN2O3/c1-4-7-24-17-6-5-15(19)10-13(17)9-14-11-21(3)20-18(14)16(23)8-12(2)22/h4-6,10-11H,1,7-9H2,2-3H3. The fraction of sp³-hybridized carbons (Fsp3) is 0.278. The van der Waals surface area contributed by atoms with Gasteiger partial charge in [0.05, 0.1) is 6.42 Å². The Labute approximate surface area is 139 Å². The van der Waals surface area contributed by atoms with E-state index in [9.17, 15) is 14.0 Å². The summed E-state index contributed by atoms with van der Waals surface area (Å²) in [6.45, 7) is 5.24. The van der Waals surface area contributed by atoms with E-state index in [1.54, 1.807) is 25.4 Å². The summed E-state index contributed by atoms with van der Waals surface area (Å²) in [5, 5.41) is 4.14. The summed E-state index contributed by atoms with van der Waals surface area (Å²) in [4.78, 5) is 23.4. The lowest BCUT2D eigenvalue weighted by atomic mass is 10.0. The number of aromatic nitrogens is 2. The molecule has 0 spiro atoms. The molecule has 2 rings (SSSR count). The third-order valence-electron chi connectivity index (χ3n) is 3.34. The highest BCUT2D eigenvalue weighted by molar-refractivity contribution is 6.07. The smallest absolute Gasteiger partial charge is 0.190 e. The minimum absolute atomic E-state index is 0.201. The highest BCUT2D eigenvalue weighted by Gasteiger charge is 2.19. The number of ketones is 2. The molecule has 24 heavy (non-hydrogen) atoms. The SMILES string of the molecule is C=CCOc1ccc(F)cc1Cc1cn(C)nc1C(=O)CC(C)=O. The zero-order chi connectivity index (χ0) is 17.7. The van der Waals surface area contributed by atoms with E-state index in [2.05, 4.69) is 11.7 Å². The highest BCUT2D eigenvalue weighted by Crippen LogP contribution is 2.24. The Hall–Kier alpha value is -2.76. The molecule has 0 fully saturated rings. The number of hydrogen-bond donors (Lipinski definition) is 0. The van der Waals surface area contributed by atoms with Crippen molar-refractivity contribution in [2.75, 3.05) is 6.61 Å². The first kappa shape index (κ1) is 17.6. The molecule has 126 valence electrons. The number of ether oxygens (including phenoxy) is 1. The fourth-order valence-electron chi connectivity index (χ4n) is 2.39. The van der Waals surface area contributed by atoms with Crippen molar-refractivity contribution in [1.82, 2.24) is 9.78 Å². The second-order valence-electron chi connectivity index (χ2n) is 5.51. The first-order valence-electron chi connectivity index (χ1n) is 7.48. The normalized spacial score (nSPS) is 10.5. The zero-order valence-electron chi connectivity index (χ0n) is 13.7. The van der Waals surface area contributed by atoms with E-state index in [-0.39, 0.29) is 30.1 Å². The van der Waals surface area contributed by atoms with Crippen molar-refractivity contribution in [3.63, 3.8) is 0 Å². The van der Waals surface area contributed by atoms with Crippen LogP contribution in [0.15, 0.2) is 37.1 Å². The first-order valence-corrected chi connectivity index (χ1v) is 7.48. The fourth-order valence-corrected chi connectivity index (χ4v) is 2.39. The van der Waals surface area contributed by atoms with Gasteiger partial charge in [0.15, 0.2) is 5.78 Å². The summed E-state index contributed by atoms with van der Waals surface area (Å²) in [7, 11) is 1.69. The van der Waals surface area contributed by atoms with E-state index in [4.69, 9.17) is 4.74 Å². The predicted octanol–water partition coefficient (Wildman–Crippen LogP) is 2.88. The monoisotopic (exact) mass is 330 g/mol. The zero-order valence-corrected chi connectivity index (χ0v) is 13.7. The van der Waals surface area contributed by atoms with Crippen LogP contribution in [0, 0.1) is 5.82 Å². The van der Waals surface area contributed by atoms with Crippen LogP contribution < -0.4 is 4.74 Å². The minimum Gasteiger partial charge on any atom is -0.489 e. The predicted molar refractivity (Wildman–Crippen MR) is 87.7 cm³/mol. The van der Waals surface area contributed by atoms with Crippen molar-refractivity contribution < 1.29 is 18.7 Å². The van der Waals surface area contributed by atoms with Crippen LogP contribution in [0.4, 0.5) is 4.39 Å². The van der Waals surface area contributed by atoms with Crippen LogP contribution in [-0.2, 0) is 18.3 Å². The number of carbonyl (C=O) groups excluding carboxylic acids is 2. The Bertz CT molecular complexity index is 781. The summed E-state index contributed by atoms with van der Waals surface area (Å²) < 4.78 is 20.6. The van der Waals surface area contributed by atoms with Gasteiger partial charge in [0.1, 0.15) is 29.7 Å². The Morgan fingerprint density at radius 2 is 2.12 bits per heavy atom. The quantitative estimate of drug-likeness (QED) is 0.424. The number of Topliss-reactive ketones (excluding diaryl/α,β-unsaturated/α-hetero) is 2. The van der Waals surface area contributed by atoms with Gasteiger partial charge in [0.25, 0.3) is 0 Å². The first-order chi connectivity index (χ1) is 11.4. The largest absolute Gasteiger partial charge is 0.489 e. The number of carbonyl (C=O) groups is 2. The van der Waals surface area contributed by atoms with Gasteiger partial charge >= 0.3 is 0 Å². The molecule has 1 aromatic heterocycles. The van der Waals surface area contributed by atoms with Crippen LogP contribution >= 0.6 is 0 Å². The molecule has 0 aliphatic carbocycles. The molecule has 0 saturated heterocycles. The molecule has 0 aliphatic rings. The van der Waals surface area contributed by atoms with Crippen LogP contribution in [0.3, 0.4) is 0 Å². The van der Waals surface area contributed by atoms with Gasteiger partial charge in [0.2, 0.25) is 0 Å². The molecular weight excluding hydrogens is 311 g/mol. The third-order valence-corrected chi connectivity index (χ3v) is 3.34. The topological polar surface area (TPSA) is 61.2 Å². The van der Waals surface area contributed by atoms with Crippen molar-refractivity contribution in [1.29, 1.82) is 0 Å². The summed E-state index contributed by atoms with van der Waals surface area (Å²) in [6, 6.07) is 4.22. The van der Waals surface area contributed by atoms with E-state index in [0.717, 1.165) is 0 Å².